The fourth-order valence-electron chi connectivity index (χ4n) is 11.5. The number of aliphatic carboxylic acids is 1. The smallest absolute Gasteiger partial charge is 0.303 e. The topological polar surface area (TPSA) is 413 Å². The zero-order valence-electron chi connectivity index (χ0n) is 53.1. The van der Waals surface area contributed by atoms with Gasteiger partial charge in [-0.2, -0.15) is 4.58 Å². The van der Waals surface area contributed by atoms with Crippen LogP contribution in [0.25, 0.3) is 21.5 Å². The molecule has 0 saturated heterocycles. The normalized spacial score (nSPS) is 17.7. The van der Waals surface area contributed by atoms with E-state index in [1.807, 2.05) is 6.92 Å². The number of carboxylic acids is 1. The minimum atomic E-state index is -5.44. The van der Waals surface area contributed by atoms with Gasteiger partial charge < -0.3 is 75.4 Å². The van der Waals surface area contributed by atoms with E-state index in [1.165, 1.54) is 18.2 Å². The van der Waals surface area contributed by atoms with Gasteiger partial charge in [0.1, 0.15) is 47.1 Å². The standard InChI is InChI=1S/C62H84N2O26S5/c1-61(21-13-41-91(67,68)69)56(64(24-26-85-32-34-89-39-40-90-38-36-87-30-28-83-4)52-20-19-49-51(59(52)61)43-47(93(73,74)75)44-54(49)94(76,77)78)14-9-6-5-7-10-15-57-62(2,22-25-84-31-33-88-37-35-86-29-27-82-3)60-50-42-46(92(70,71)72)17-18-48(50)55(95(79,80)81)45-53(60)63(57)23-12-8-11-16-58(65)66/h5-7,9-10,14-15,17-20,42-45H,8,11-13,16,21-41H2,1-4H3,(H5-,65,66,67,68,69,70,71,72,73,74,75,76,77,78,79,80,81)/p-4. The number of carbonyl (C=O) groups is 1. The number of rotatable bonds is 45. The lowest BCUT2D eigenvalue weighted by Gasteiger charge is -2.31. The van der Waals surface area contributed by atoms with Crippen molar-refractivity contribution >= 4 is 95.2 Å². The molecule has 2 unspecified atom stereocenters. The molecule has 6 rings (SSSR count). The number of hydrogen-bond acceptors (Lipinski definition) is 26. The number of unbranched alkanes of at least 4 members (excludes halogenated alkanes) is 2. The maximum atomic E-state index is 13.1. The minimum absolute atomic E-state index is 0.00212. The van der Waals surface area contributed by atoms with Crippen LogP contribution in [0.4, 0.5) is 11.4 Å². The van der Waals surface area contributed by atoms with Gasteiger partial charge in [-0.3, -0.25) is 4.79 Å². The van der Waals surface area contributed by atoms with E-state index in [0.29, 0.717) is 87.8 Å². The summed E-state index contributed by atoms with van der Waals surface area (Å²) in [5.74, 6) is -1.85. The molecule has 0 bridgehead atoms. The highest BCUT2D eigenvalue weighted by Crippen LogP contribution is 2.55. The number of fused-ring (bicyclic) bond motifs is 6. The van der Waals surface area contributed by atoms with Gasteiger partial charge in [0.2, 0.25) is 5.69 Å². The molecule has 0 radical (unpaired) electrons. The van der Waals surface area contributed by atoms with Crippen LogP contribution in [-0.2, 0) is 109 Å². The van der Waals surface area contributed by atoms with Gasteiger partial charge in [-0.05, 0) is 110 Å². The lowest BCUT2D eigenvalue weighted by Crippen LogP contribution is -2.33. The molecular weight excluding hydrogens is 1350 g/mol. The summed E-state index contributed by atoms with van der Waals surface area (Å²) in [7, 11) is -22.9. The number of benzene rings is 4. The fourth-order valence-corrected chi connectivity index (χ4v) is 14.5. The van der Waals surface area contributed by atoms with Crippen LogP contribution in [0.3, 0.4) is 0 Å². The molecule has 95 heavy (non-hydrogen) atoms. The highest BCUT2D eigenvalue weighted by atomic mass is 32.2. The maximum absolute atomic E-state index is 13.1. The molecule has 2 aliphatic rings. The molecule has 0 aliphatic carbocycles. The van der Waals surface area contributed by atoms with Gasteiger partial charge >= 0.3 is 5.97 Å². The average molecular weight is 1430 g/mol. The van der Waals surface area contributed by atoms with Crippen LogP contribution in [0.5, 0.6) is 0 Å². The molecule has 2 heterocycles. The third-order valence-electron chi connectivity index (χ3n) is 15.8. The Hall–Kier alpha value is -5.51. The van der Waals surface area contributed by atoms with E-state index in [2.05, 4.69) is 0 Å². The van der Waals surface area contributed by atoms with E-state index in [4.69, 9.17) is 42.6 Å². The van der Waals surface area contributed by atoms with E-state index in [-0.39, 0.29) is 137 Å². The Bertz CT molecular complexity index is 4060. The Morgan fingerprint density at radius 1 is 0.505 bits per heavy atom. The van der Waals surface area contributed by atoms with Crippen molar-refractivity contribution in [1.82, 2.24) is 0 Å². The van der Waals surface area contributed by atoms with Crippen molar-refractivity contribution in [3.8, 4) is 0 Å². The highest BCUT2D eigenvalue weighted by molar-refractivity contribution is 7.87. The quantitative estimate of drug-likeness (QED) is 0.0261. The largest absolute Gasteiger partial charge is 0.748 e. The second kappa shape index (κ2) is 35.8. The summed E-state index contributed by atoms with van der Waals surface area (Å²) in [5, 5.41) is 8.90. The van der Waals surface area contributed by atoms with Crippen molar-refractivity contribution in [2.24, 2.45) is 0 Å². The van der Waals surface area contributed by atoms with Crippen molar-refractivity contribution in [2.45, 2.75) is 89.2 Å². The monoisotopic (exact) mass is 1430 g/mol. The van der Waals surface area contributed by atoms with Crippen molar-refractivity contribution in [3.63, 3.8) is 0 Å². The minimum Gasteiger partial charge on any atom is -0.748 e. The first-order chi connectivity index (χ1) is 44.9. The summed E-state index contributed by atoms with van der Waals surface area (Å²) in [6.07, 6.45) is 12.1. The summed E-state index contributed by atoms with van der Waals surface area (Å²) in [6, 6.07) is 8.49. The number of allylic oxidation sites excluding steroid dienone is 8. The summed E-state index contributed by atoms with van der Waals surface area (Å²) < 4.78 is 241. The molecule has 33 heteroatoms. The number of carboxylic acid groups (broad SMARTS) is 1. The summed E-state index contributed by atoms with van der Waals surface area (Å²) in [6.45, 7) is 7.79. The number of ether oxygens (including phenoxy) is 9. The number of methoxy groups -OCH3 is 2. The van der Waals surface area contributed by atoms with Crippen LogP contribution in [0.2, 0.25) is 0 Å². The summed E-state index contributed by atoms with van der Waals surface area (Å²) >= 11 is 0. The second-order valence-corrected chi connectivity index (χ2v) is 29.4. The second-order valence-electron chi connectivity index (χ2n) is 22.4. The van der Waals surface area contributed by atoms with Gasteiger partial charge in [0.15, 0.2) is 12.3 Å². The summed E-state index contributed by atoms with van der Waals surface area (Å²) in [5.41, 5.74) is -0.578. The lowest BCUT2D eigenvalue weighted by atomic mass is 9.74. The molecule has 0 spiro atoms. The van der Waals surface area contributed by atoms with Crippen molar-refractivity contribution in [3.05, 3.63) is 108 Å². The first-order valence-electron chi connectivity index (χ1n) is 30.3. The van der Waals surface area contributed by atoms with E-state index in [9.17, 15) is 74.8 Å². The molecule has 4 aromatic rings. The van der Waals surface area contributed by atoms with Gasteiger partial charge in [0, 0.05) is 79.4 Å². The van der Waals surface area contributed by atoms with Gasteiger partial charge in [-0.15, -0.1) is 0 Å². The SMILES string of the molecule is COCCOCCOCCOCCOCC[N+]1=C(/C=C/C=C/C=C/C=C2/N(CCCCCC(=O)O)c3cc(S(=O)(=O)[O-])c4ccc(S(=O)(=O)[O-])cc4c3C2(C)CCOCCOCCOCCOC)C(C)(CCCS(=O)(=O)[O-])c2c1ccc1c(S(=O)(=O)[O-])cc(S(=O)(=O)[O-])cc21. The van der Waals surface area contributed by atoms with Gasteiger partial charge in [-0.25, -0.2) is 42.1 Å². The third-order valence-corrected chi connectivity index (χ3v) is 20.0. The van der Waals surface area contributed by atoms with Gasteiger partial charge in [-0.1, -0.05) is 42.9 Å². The maximum Gasteiger partial charge on any atom is 0.303 e. The van der Waals surface area contributed by atoms with Gasteiger partial charge in [0.05, 0.1) is 128 Å². The first kappa shape index (κ1) is 78.5. The Kier molecular flexibility index (Phi) is 29.6. The van der Waals surface area contributed by atoms with Crippen molar-refractivity contribution in [1.29, 1.82) is 0 Å². The van der Waals surface area contributed by atoms with Crippen LogP contribution in [-0.4, -0.2) is 225 Å². The third kappa shape index (κ3) is 22.2. The molecule has 2 aliphatic heterocycles. The van der Waals surface area contributed by atoms with Crippen LogP contribution < -0.4 is 4.90 Å². The van der Waals surface area contributed by atoms with E-state index >= 15 is 0 Å². The Morgan fingerprint density at radius 3 is 1.52 bits per heavy atom. The average Bonchev–Trinajstić information content (AvgIpc) is 1.59. The molecule has 4 aromatic carbocycles. The molecule has 2 atom stereocenters. The Balaban J connectivity index is 1.41. The van der Waals surface area contributed by atoms with Crippen LogP contribution in [0.15, 0.2) is 116 Å². The van der Waals surface area contributed by atoms with E-state index < -0.39 is 92.7 Å². The van der Waals surface area contributed by atoms with Crippen molar-refractivity contribution < 1.29 is 122 Å². The molecule has 0 aromatic heterocycles. The van der Waals surface area contributed by atoms with Crippen LogP contribution >= 0.6 is 0 Å². The zero-order valence-corrected chi connectivity index (χ0v) is 57.2. The zero-order chi connectivity index (χ0) is 69.7. The van der Waals surface area contributed by atoms with E-state index in [0.717, 1.165) is 24.3 Å². The molecule has 28 nitrogen and oxygen atoms in total. The van der Waals surface area contributed by atoms with Crippen LogP contribution in [0.1, 0.15) is 69.9 Å². The fraction of sp³-hybridized carbons (Fsp3) is 0.516. The predicted molar refractivity (Wildman–Crippen MR) is 341 cm³/mol. The van der Waals surface area contributed by atoms with Crippen molar-refractivity contribution in [2.75, 3.05) is 144 Å². The molecular formula is C62H80N2O26S5-4. The number of anilines is 1. The number of nitrogens with zero attached hydrogens (tertiary/aromatic N) is 2. The Labute approximate surface area is 554 Å². The lowest BCUT2D eigenvalue weighted by molar-refractivity contribution is -0.442. The van der Waals surface area contributed by atoms with Gasteiger partial charge in [0.25, 0.3) is 0 Å². The van der Waals surface area contributed by atoms with E-state index in [1.54, 1.807) is 73.2 Å². The molecule has 0 amide bonds. The molecule has 0 fully saturated rings. The molecule has 1 N–H and O–H groups in total. The number of hydrogen-bond donors (Lipinski definition) is 1. The first-order valence-corrected chi connectivity index (χ1v) is 37.5. The highest BCUT2D eigenvalue weighted by Gasteiger charge is 2.49. The van der Waals surface area contributed by atoms with Crippen LogP contribution in [0, 0.1) is 0 Å². The molecule has 0 saturated carbocycles. The Morgan fingerprint density at radius 2 is 0.989 bits per heavy atom. The predicted octanol–water partition coefficient (Wildman–Crippen LogP) is 5.07. The molecule has 528 valence electrons. The summed E-state index contributed by atoms with van der Waals surface area (Å²) in [4.78, 5) is 9.86.